The molecule has 100 valence electrons. The topological polar surface area (TPSA) is 32.3 Å². The van der Waals surface area contributed by atoms with Crippen LogP contribution in [0.2, 0.25) is 0 Å². The van der Waals surface area contributed by atoms with Gasteiger partial charge in [0.05, 0.1) is 0 Å². The number of hydrogen-bond donors (Lipinski definition) is 1. The van der Waals surface area contributed by atoms with Crippen LogP contribution < -0.4 is 10.2 Å². The van der Waals surface area contributed by atoms with E-state index in [-0.39, 0.29) is 5.91 Å². The zero-order valence-electron chi connectivity index (χ0n) is 11.1. The lowest BCUT2D eigenvalue weighted by molar-refractivity contribution is -0.116. The molecular formula is C14H21ClN2O. The van der Waals surface area contributed by atoms with Gasteiger partial charge in [-0.05, 0) is 38.5 Å². The van der Waals surface area contributed by atoms with Gasteiger partial charge in [0.25, 0.3) is 0 Å². The molecule has 18 heavy (non-hydrogen) atoms. The van der Waals surface area contributed by atoms with Crippen LogP contribution in [-0.4, -0.2) is 24.9 Å². The number of carbonyl (C=O) groups excluding carboxylic acids is 1. The maximum absolute atomic E-state index is 11.6. The van der Waals surface area contributed by atoms with Crippen LogP contribution in [0.25, 0.3) is 0 Å². The van der Waals surface area contributed by atoms with Crippen molar-refractivity contribution in [1.82, 2.24) is 0 Å². The van der Waals surface area contributed by atoms with E-state index in [0.29, 0.717) is 18.7 Å². The van der Waals surface area contributed by atoms with Gasteiger partial charge in [-0.1, -0.05) is 6.07 Å². The molecule has 0 saturated carbocycles. The first-order valence-corrected chi connectivity index (χ1v) is 6.95. The van der Waals surface area contributed by atoms with Crippen molar-refractivity contribution in [2.75, 3.05) is 29.2 Å². The summed E-state index contributed by atoms with van der Waals surface area (Å²) in [6, 6.07) is 7.93. The number of benzene rings is 1. The third kappa shape index (κ3) is 4.57. The van der Waals surface area contributed by atoms with E-state index in [9.17, 15) is 4.79 Å². The summed E-state index contributed by atoms with van der Waals surface area (Å²) < 4.78 is 0. The van der Waals surface area contributed by atoms with Crippen LogP contribution >= 0.6 is 11.6 Å². The molecule has 3 nitrogen and oxygen atoms in total. The standard InChI is InChI=1S/C14H21ClN2O/c1-3-17(4-2)13-8-5-7-12(11-13)16-14(18)9-6-10-15/h5,7-8,11H,3-4,6,9-10H2,1-2H3,(H,16,18). The first kappa shape index (κ1) is 14.8. The van der Waals surface area contributed by atoms with Gasteiger partial charge in [-0.15, -0.1) is 11.6 Å². The summed E-state index contributed by atoms with van der Waals surface area (Å²) in [5.74, 6) is 0.541. The van der Waals surface area contributed by atoms with Crippen LogP contribution in [0.15, 0.2) is 24.3 Å². The quantitative estimate of drug-likeness (QED) is 0.768. The number of nitrogens with zero attached hydrogens (tertiary/aromatic N) is 1. The molecule has 1 rings (SSSR count). The molecule has 0 spiro atoms. The zero-order valence-corrected chi connectivity index (χ0v) is 11.8. The molecule has 0 aromatic heterocycles. The van der Waals surface area contributed by atoms with Crippen LogP contribution in [-0.2, 0) is 4.79 Å². The minimum Gasteiger partial charge on any atom is -0.372 e. The van der Waals surface area contributed by atoms with Crippen molar-refractivity contribution in [3.05, 3.63) is 24.3 Å². The Bertz CT molecular complexity index is 378. The summed E-state index contributed by atoms with van der Waals surface area (Å²) in [4.78, 5) is 13.9. The largest absolute Gasteiger partial charge is 0.372 e. The van der Waals surface area contributed by atoms with Gasteiger partial charge in [-0.3, -0.25) is 4.79 Å². The lowest BCUT2D eigenvalue weighted by atomic mass is 10.2. The van der Waals surface area contributed by atoms with Crippen molar-refractivity contribution in [2.45, 2.75) is 26.7 Å². The van der Waals surface area contributed by atoms with Gasteiger partial charge >= 0.3 is 0 Å². The van der Waals surface area contributed by atoms with Gasteiger partial charge < -0.3 is 10.2 Å². The Morgan fingerprint density at radius 2 is 2.06 bits per heavy atom. The van der Waals surface area contributed by atoms with Crippen LogP contribution in [0.1, 0.15) is 26.7 Å². The van der Waals surface area contributed by atoms with Gasteiger partial charge in [0.1, 0.15) is 0 Å². The molecule has 1 amide bonds. The van der Waals surface area contributed by atoms with Crippen molar-refractivity contribution < 1.29 is 4.79 Å². The molecule has 0 heterocycles. The minimum absolute atomic E-state index is 0.0207. The summed E-state index contributed by atoms with van der Waals surface area (Å²) in [7, 11) is 0. The number of halogens is 1. The fourth-order valence-electron chi connectivity index (χ4n) is 1.82. The van der Waals surface area contributed by atoms with Gasteiger partial charge in [0.15, 0.2) is 0 Å². The summed E-state index contributed by atoms with van der Waals surface area (Å²) in [5.41, 5.74) is 1.98. The summed E-state index contributed by atoms with van der Waals surface area (Å²) >= 11 is 5.57. The van der Waals surface area contributed by atoms with Gasteiger partial charge in [0, 0.05) is 36.8 Å². The van der Waals surface area contributed by atoms with E-state index in [1.807, 2.05) is 18.2 Å². The Hall–Kier alpha value is -1.22. The van der Waals surface area contributed by atoms with Crippen LogP contribution in [0, 0.1) is 0 Å². The van der Waals surface area contributed by atoms with E-state index in [2.05, 4.69) is 30.1 Å². The highest BCUT2D eigenvalue weighted by molar-refractivity contribution is 6.18. The smallest absolute Gasteiger partial charge is 0.224 e. The Balaban J connectivity index is 2.67. The molecule has 0 fully saturated rings. The number of rotatable bonds is 7. The van der Waals surface area contributed by atoms with Crippen LogP contribution in [0.5, 0.6) is 0 Å². The van der Waals surface area contributed by atoms with Gasteiger partial charge in [-0.25, -0.2) is 0 Å². The highest BCUT2D eigenvalue weighted by atomic mass is 35.5. The summed E-state index contributed by atoms with van der Waals surface area (Å²) in [5, 5.41) is 2.90. The molecule has 1 N–H and O–H groups in total. The number of amides is 1. The second kappa shape index (κ2) is 7.98. The molecule has 0 radical (unpaired) electrons. The predicted octanol–water partition coefficient (Wildman–Crippen LogP) is 3.49. The normalized spacial score (nSPS) is 10.2. The van der Waals surface area contributed by atoms with E-state index >= 15 is 0 Å². The monoisotopic (exact) mass is 268 g/mol. The SMILES string of the molecule is CCN(CC)c1cccc(NC(=O)CCCCl)c1. The van der Waals surface area contributed by atoms with E-state index in [4.69, 9.17) is 11.6 Å². The molecular weight excluding hydrogens is 248 g/mol. The minimum atomic E-state index is 0.0207. The first-order chi connectivity index (χ1) is 8.71. The maximum Gasteiger partial charge on any atom is 0.224 e. The highest BCUT2D eigenvalue weighted by Gasteiger charge is 2.05. The Labute approximate surface area is 114 Å². The fourth-order valence-corrected chi connectivity index (χ4v) is 1.95. The van der Waals surface area contributed by atoms with Gasteiger partial charge in [-0.2, -0.15) is 0 Å². The Morgan fingerprint density at radius 3 is 2.67 bits per heavy atom. The molecule has 1 aromatic rings. The van der Waals surface area contributed by atoms with Gasteiger partial charge in [0.2, 0.25) is 5.91 Å². The number of hydrogen-bond acceptors (Lipinski definition) is 2. The van der Waals surface area contributed by atoms with E-state index < -0.39 is 0 Å². The van der Waals surface area contributed by atoms with Crippen LogP contribution in [0.4, 0.5) is 11.4 Å². The first-order valence-electron chi connectivity index (χ1n) is 6.42. The summed E-state index contributed by atoms with van der Waals surface area (Å²) in [6.07, 6.45) is 1.18. The van der Waals surface area contributed by atoms with E-state index in [1.165, 1.54) is 0 Å². The average Bonchev–Trinajstić information content (AvgIpc) is 2.38. The number of anilines is 2. The third-order valence-corrected chi connectivity index (χ3v) is 3.06. The molecule has 0 atom stereocenters. The number of carbonyl (C=O) groups is 1. The zero-order chi connectivity index (χ0) is 13.4. The maximum atomic E-state index is 11.6. The molecule has 1 aromatic carbocycles. The Morgan fingerprint density at radius 1 is 1.33 bits per heavy atom. The molecule has 0 aliphatic carbocycles. The molecule has 0 aliphatic rings. The van der Waals surface area contributed by atoms with Crippen molar-refractivity contribution in [2.24, 2.45) is 0 Å². The van der Waals surface area contributed by atoms with Crippen molar-refractivity contribution in [1.29, 1.82) is 0 Å². The summed E-state index contributed by atoms with van der Waals surface area (Å²) in [6.45, 7) is 6.16. The highest BCUT2D eigenvalue weighted by Crippen LogP contribution is 2.19. The molecule has 0 unspecified atom stereocenters. The lowest BCUT2D eigenvalue weighted by Gasteiger charge is -2.21. The molecule has 0 saturated heterocycles. The van der Waals surface area contributed by atoms with Crippen LogP contribution in [0.3, 0.4) is 0 Å². The molecule has 0 bridgehead atoms. The fraction of sp³-hybridized carbons (Fsp3) is 0.500. The lowest BCUT2D eigenvalue weighted by Crippen LogP contribution is -2.22. The number of nitrogens with one attached hydrogen (secondary N) is 1. The second-order valence-electron chi connectivity index (χ2n) is 4.06. The van der Waals surface area contributed by atoms with E-state index in [1.54, 1.807) is 0 Å². The van der Waals surface area contributed by atoms with E-state index in [0.717, 1.165) is 24.5 Å². The van der Waals surface area contributed by atoms with Crippen molar-refractivity contribution in [3.63, 3.8) is 0 Å². The van der Waals surface area contributed by atoms with Crippen molar-refractivity contribution in [3.8, 4) is 0 Å². The molecule has 0 aliphatic heterocycles. The number of alkyl halides is 1. The third-order valence-electron chi connectivity index (χ3n) is 2.80. The van der Waals surface area contributed by atoms with Crippen molar-refractivity contribution >= 4 is 28.9 Å². The average molecular weight is 269 g/mol. The Kier molecular flexibility index (Phi) is 6.58. The predicted molar refractivity (Wildman–Crippen MR) is 78.6 cm³/mol. The second-order valence-corrected chi connectivity index (χ2v) is 4.44. The molecule has 4 heteroatoms.